The van der Waals surface area contributed by atoms with Crippen LogP contribution in [0.5, 0.6) is 0 Å². The third kappa shape index (κ3) is 4.40. The predicted octanol–water partition coefficient (Wildman–Crippen LogP) is 3.85. The molecule has 0 unspecified atom stereocenters. The number of halogens is 5. The third-order valence-electron chi connectivity index (χ3n) is 5.41. The summed E-state index contributed by atoms with van der Waals surface area (Å²) in [6, 6.07) is 2.72. The fourth-order valence-corrected chi connectivity index (χ4v) is 4.20. The SMILES string of the molecule is CS(=O)(=O)NCc1cn(C2CC(F)C2)c2nc(-c3c(C(F)(F)F)ccnc3C#N)c(F)cc12. The lowest BCUT2D eigenvalue weighted by atomic mass is 9.90. The zero-order chi connectivity index (χ0) is 24.1. The van der Waals surface area contributed by atoms with Crippen molar-refractivity contribution in [2.75, 3.05) is 6.26 Å². The topological polar surface area (TPSA) is 101 Å². The summed E-state index contributed by atoms with van der Waals surface area (Å²) in [5.74, 6) is -1.15. The first-order chi connectivity index (χ1) is 15.4. The summed E-state index contributed by atoms with van der Waals surface area (Å²) < 4.78 is 96.3. The van der Waals surface area contributed by atoms with Crippen molar-refractivity contribution in [2.24, 2.45) is 0 Å². The highest BCUT2D eigenvalue weighted by molar-refractivity contribution is 7.88. The van der Waals surface area contributed by atoms with Crippen LogP contribution in [0.1, 0.15) is 35.7 Å². The zero-order valence-electron chi connectivity index (χ0n) is 17.0. The molecular formula is C20H16F5N5O2S. The van der Waals surface area contributed by atoms with Gasteiger partial charge < -0.3 is 4.57 Å². The average Bonchev–Trinajstić information content (AvgIpc) is 3.04. The van der Waals surface area contributed by atoms with E-state index in [2.05, 4.69) is 14.7 Å². The lowest BCUT2D eigenvalue weighted by Crippen LogP contribution is -2.27. The van der Waals surface area contributed by atoms with Gasteiger partial charge in [0.2, 0.25) is 10.0 Å². The number of fused-ring (bicyclic) bond motifs is 1. The van der Waals surface area contributed by atoms with Crippen molar-refractivity contribution in [3.8, 4) is 17.3 Å². The zero-order valence-corrected chi connectivity index (χ0v) is 17.8. The Morgan fingerprint density at radius 1 is 1.33 bits per heavy atom. The van der Waals surface area contributed by atoms with Crippen molar-refractivity contribution < 1.29 is 30.4 Å². The minimum atomic E-state index is -4.91. The quantitative estimate of drug-likeness (QED) is 0.554. The van der Waals surface area contributed by atoms with Gasteiger partial charge in [0.25, 0.3) is 0 Å². The van der Waals surface area contributed by atoms with Crippen LogP contribution in [-0.2, 0) is 22.7 Å². The molecule has 1 saturated carbocycles. The van der Waals surface area contributed by atoms with Crippen LogP contribution < -0.4 is 4.72 Å². The monoisotopic (exact) mass is 485 g/mol. The molecule has 4 rings (SSSR count). The number of hydrogen-bond acceptors (Lipinski definition) is 5. The van der Waals surface area contributed by atoms with Crippen molar-refractivity contribution in [2.45, 2.75) is 37.8 Å². The van der Waals surface area contributed by atoms with Gasteiger partial charge in [0.15, 0.2) is 5.69 Å². The number of sulfonamides is 1. The molecule has 1 fully saturated rings. The first-order valence-corrected chi connectivity index (χ1v) is 11.5. The summed E-state index contributed by atoms with van der Waals surface area (Å²) in [7, 11) is -3.60. The molecule has 3 aromatic rings. The number of aromatic nitrogens is 3. The lowest BCUT2D eigenvalue weighted by molar-refractivity contribution is -0.137. The maximum Gasteiger partial charge on any atom is 0.417 e. The Morgan fingerprint density at radius 2 is 2.03 bits per heavy atom. The average molecular weight is 485 g/mol. The van der Waals surface area contributed by atoms with Gasteiger partial charge in [-0.05, 0) is 30.5 Å². The van der Waals surface area contributed by atoms with E-state index in [9.17, 15) is 31.2 Å². The molecule has 7 nitrogen and oxygen atoms in total. The Balaban J connectivity index is 1.96. The Bertz CT molecular complexity index is 1390. The number of hydrogen-bond donors (Lipinski definition) is 1. The van der Waals surface area contributed by atoms with E-state index in [0.717, 1.165) is 18.5 Å². The number of pyridine rings is 2. The molecule has 0 aliphatic heterocycles. The summed E-state index contributed by atoms with van der Waals surface area (Å²) in [4.78, 5) is 7.74. The molecular weight excluding hydrogens is 469 g/mol. The molecule has 174 valence electrons. The lowest BCUT2D eigenvalue weighted by Gasteiger charge is -2.31. The molecule has 0 saturated heterocycles. The van der Waals surface area contributed by atoms with Gasteiger partial charge in [0.1, 0.15) is 29.4 Å². The highest BCUT2D eigenvalue weighted by atomic mass is 32.2. The van der Waals surface area contributed by atoms with Crippen molar-refractivity contribution in [1.82, 2.24) is 19.3 Å². The van der Waals surface area contributed by atoms with Crippen LogP contribution in [0.4, 0.5) is 22.0 Å². The molecule has 0 radical (unpaired) electrons. The molecule has 3 aromatic heterocycles. The van der Waals surface area contributed by atoms with Crippen LogP contribution >= 0.6 is 0 Å². The minimum absolute atomic E-state index is 0.0504. The van der Waals surface area contributed by atoms with Crippen LogP contribution in [0.25, 0.3) is 22.3 Å². The Hall–Kier alpha value is -3.11. The van der Waals surface area contributed by atoms with Crippen LogP contribution in [0.3, 0.4) is 0 Å². The van der Waals surface area contributed by atoms with Crippen LogP contribution in [0.15, 0.2) is 24.5 Å². The van der Waals surface area contributed by atoms with Gasteiger partial charge in [0, 0.05) is 30.4 Å². The van der Waals surface area contributed by atoms with Crippen molar-refractivity contribution in [1.29, 1.82) is 5.26 Å². The highest BCUT2D eigenvalue weighted by Gasteiger charge is 2.37. The van der Waals surface area contributed by atoms with E-state index in [1.165, 1.54) is 16.8 Å². The van der Waals surface area contributed by atoms with E-state index in [0.29, 0.717) is 11.6 Å². The second-order valence-corrected chi connectivity index (χ2v) is 9.59. The van der Waals surface area contributed by atoms with Crippen LogP contribution in [0.2, 0.25) is 0 Å². The van der Waals surface area contributed by atoms with Gasteiger partial charge in [-0.25, -0.2) is 31.9 Å². The van der Waals surface area contributed by atoms with E-state index >= 15 is 4.39 Å². The standard InChI is InChI=1S/C20H16F5N5O2S/c1-33(31,32)28-8-10-9-30(12-4-11(21)5-12)19-13(10)6-15(22)18(29-19)17-14(20(23,24)25)2-3-27-16(17)7-26/h2-3,6,9,11-12,28H,4-5,8H2,1H3. The minimum Gasteiger partial charge on any atom is -0.329 e. The number of alkyl halides is 4. The molecule has 33 heavy (non-hydrogen) atoms. The fraction of sp³-hybridized carbons (Fsp3) is 0.350. The number of nitrogens with one attached hydrogen (secondary N) is 1. The molecule has 0 aromatic carbocycles. The second-order valence-electron chi connectivity index (χ2n) is 7.76. The Labute approximate surface area is 184 Å². The molecule has 1 aliphatic rings. The molecule has 0 amide bonds. The van der Waals surface area contributed by atoms with Crippen molar-refractivity contribution in [3.63, 3.8) is 0 Å². The van der Waals surface area contributed by atoms with Crippen LogP contribution in [0, 0.1) is 17.1 Å². The molecule has 0 spiro atoms. The molecule has 1 N–H and O–H groups in total. The third-order valence-corrected chi connectivity index (χ3v) is 6.08. The smallest absolute Gasteiger partial charge is 0.329 e. The van der Waals surface area contributed by atoms with Gasteiger partial charge in [-0.3, -0.25) is 0 Å². The Kier molecular flexibility index (Phi) is 5.61. The van der Waals surface area contributed by atoms with Gasteiger partial charge >= 0.3 is 6.18 Å². The maximum absolute atomic E-state index is 15.1. The largest absolute Gasteiger partial charge is 0.417 e. The Morgan fingerprint density at radius 3 is 2.61 bits per heavy atom. The molecule has 0 atom stereocenters. The fourth-order valence-electron chi connectivity index (χ4n) is 3.79. The first kappa shape index (κ1) is 23.1. The maximum atomic E-state index is 15.1. The highest BCUT2D eigenvalue weighted by Crippen LogP contribution is 2.41. The number of nitriles is 1. The molecule has 0 bridgehead atoms. The summed E-state index contributed by atoms with van der Waals surface area (Å²) in [6.07, 6.45) is -2.50. The molecule has 1 aliphatic carbocycles. The normalized spacial score (nSPS) is 18.8. The van der Waals surface area contributed by atoms with E-state index in [4.69, 9.17) is 0 Å². The van der Waals surface area contributed by atoms with E-state index in [1.54, 1.807) is 0 Å². The van der Waals surface area contributed by atoms with Gasteiger partial charge in [-0.15, -0.1) is 0 Å². The van der Waals surface area contributed by atoms with E-state index < -0.39 is 50.7 Å². The van der Waals surface area contributed by atoms with Crippen LogP contribution in [-0.4, -0.2) is 35.4 Å². The van der Waals surface area contributed by atoms with E-state index in [1.807, 2.05) is 0 Å². The van der Waals surface area contributed by atoms with E-state index in [-0.39, 0.29) is 36.5 Å². The predicted molar refractivity (Wildman–Crippen MR) is 107 cm³/mol. The van der Waals surface area contributed by atoms with Crippen molar-refractivity contribution >= 4 is 21.1 Å². The first-order valence-electron chi connectivity index (χ1n) is 9.64. The number of rotatable bonds is 5. The summed E-state index contributed by atoms with van der Waals surface area (Å²) >= 11 is 0. The second kappa shape index (κ2) is 8.03. The van der Waals surface area contributed by atoms with Gasteiger partial charge in [-0.1, -0.05) is 0 Å². The van der Waals surface area contributed by atoms with Gasteiger partial charge in [0.05, 0.1) is 17.4 Å². The summed E-state index contributed by atoms with van der Waals surface area (Å²) in [6.45, 7) is -0.223. The summed E-state index contributed by atoms with van der Waals surface area (Å²) in [5.41, 5.74) is -3.08. The number of nitrogens with zero attached hydrogens (tertiary/aromatic N) is 4. The summed E-state index contributed by atoms with van der Waals surface area (Å²) in [5, 5.41) is 9.46. The van der Waals surface area contributed by atoms with Crippen molar-refractivity contribution in [3.05, 3.63) is 47.2 Å². The molecule has 13 heteroatoms. The van der Waals surface area contributed by atoms with Gasteiger partial charge in [-0.2, -0.15) is 18.4 Å². The molecule has 3 heterocycles.